The number of hydrogen-bond donors (Lipinski definition) is 1. The summed E-state index contributed by atoms with van der Waals surface area (Å²) in [6, 6.07) is 7.34. The Kier molecular flexibility index (Phi) is 4.08. The van der Waals surface area contributed by atoms with E-state index in [1.807, 2.05) is 0 Å². The van der Waals surface area contributed by atoms with Gasteiger partial charge in [0.05, 0.1) is 11.4 Å². The van der Waals surface area contributed by atoms with Gasteiger partial charge in [-0.25, -0.2) is 9.37 Å². The van der Waals surface area contributed by atoms with Gasteiger partial charge in [0, 0.05) is 12.6 Å². The largest absolute Gasteiger partial charge is 0.302 e. The maximum absolute atomic E-state index is 13.2. The van der Waals surface area contributed by atoms with Gasteiger partial charge in [0.2, 0.25) is 0 Å². The second kappa shape index (κ2) is 6.44. The monoisotopic (exact) mass is 385 g/mol. The van der Waals surface area contributed by atoms with E-state index >= 15 is 0 Å². The standard InChI is InChI=1S/C17H13ClFN7O/c1-9-14(18)15(24-25(9)2)23-16(27)13-7-12(10-3-5-11(19)6-4-10)22-17-20-8-21-26(13)17/h3-8H,1-2H3,(H,23,24,27). The lowest BCUT2D eigenvalue weighted by Crippen LogP contribution is -2.18. The molecule has 0 bridgehead atoms. The van der Waals surface area contributed by atoms with Crippen LogP contribution in [-0.2, 0) is 7.05 Å². The number of anilines is 1. The minimum Gasteiger partial charge on any atom is -0.302 e. The third kappa shape index (κ3) is 3.02. The molecule has 136 valence electrons. The van der Waals surface area contributed by atoms with E-state index in [4.69, 9.17) is 11.6 Å². The number of fused-ring (bicyclic) bond motifs is 1. The number of nitrogens with one attached hydrogen (secondary N) is 1. The van der Waals surface area contributed by atoms with Crippen molar-refractivity contribution in [2.45, 2.75) is 6.92 Å². The summed E-state index contributed by atoms with van der Waals surface area (Å²) in [4.78, 5) is 21.3. The van der Waals surface area contributed by atoms with Crippen molar-refractivity contribution < 1.29 is 9.18 Å². The molecule has 0 aliphatic rings. The molecular weight excluding hydrogens is 373 g/mol. The summed E-state index contributed by atoms with van der Waals surface area (Å²) >= 11 is 6.20. The zero-order valence-electron chi connectivity index (χ0n) is 14.3. The van der Waals surface area contributed by atoms with Crippen molar-refractivity contribution in [1.29, 1.82) is 0 Å². The minimum atomic E-state index is -0.476. The van der Waals surface area contributed by atoms with Gasteiger partial charge < -0.3 is 5.32 Å². The predicted octanol–water partition coefficient (Wildman–Crippen LogP) is 2.88. The normalized spacial score (nSPS) is 11.1. The van der Waals surface area contributed by atoms with Crippen LogP contribution in [0.15, 0.2) is 36.7 Å². The average molecular weight is 386 g/mol. The molecule has 0 radical (unpaired) electrons. The number of nitrogens with zero attached hydrogens (tertiary/aromatic N) is 6. The minimum absolute atomic E-state index is 0.191. The molecular formula is C17H13ClFN7O. The van der Waals surface area contributed by atoms with Crippen LogP contribution in [0, 0.1) is 12.7 Å². The van der Waals surface area contributed by atoms with Crippen molar-refractivity contribution in [3.8, 4) is 11.3 Å². The highest BCUT2D eigenvalue weighted by Crippen LogP contribution is 2.25. The fraction of sp³-hybridized carbons (Fsp3) is 0.118. The first-order valence-electron chi connectivity index (χ1n) is 7.91. The van der Waals surface area contributed by atoms with Gasteiger partial charge in [-0.2, -0.15) is 19.7 Å². The number of rotatable bonds is 3. The van der Waals surface area contributed by atoms with Gasteiger partial charge in [-0.15, -0.1) is 0 Å². The lowest BCUT2D eigenvalue weighted by molar-refractivity contribution is 0.101. The number of aryl methyl sites for hydroxylation is 1. The molecule has 0 fully saturated rings. The first-order valence-corrected chi connectivity index (χ1v) is 8.29. The van der Waals surface area contributed by atoms with Crippen LogP contribution < -0.4 is 5.32 Å². The molecule has 8 nitrogen and oxygen atoms in total. The maximum Gasteiger partial charge on any atom is 0.275 e. The summed E-state index contributed by atoms with van der Waals surface area (Å²) in [6.45, 7) is 1.79. The molecule has 0 spiro atoms. The summed E-state index contributed by atoms with van der Waals surface area (Å²) < 4.78 is 16.1. The van der Waals surface area contributed by atoms with Crippen LogP contribution in [0.5, 0.6) is 0 Å². The lowest BCUT2D eigenvalue weighted by atomic mass is 10.1. The molecule has 4 rings (SSSR count). The summed E-state index contributed by atoms with van der Waals surface area (Å²) in [6.07, 6.45) is 1.30. The first-order chi connectivity index (χ1) is 12.9. The van der Waals surface area contributed by atoms with Crippen LogP contribution in [0.25, 0.3) is 17.0 Å². The summed E-state index contributed by atoms with van der Waals surface area (Å²) in [7, 11) is 1.73. The quantitative estimate of drug-likeness (QED) is 0.585. The Morgan fingerprint density at radius 3 is 2.67 bits per heavy atom. The maximum atomic E-state index is 13.2. The van der Waals surface area contributed by atoms with E-state index in [9.17, 15) is 9.18 Å². The van der Waals surface area contributed by atoms with Crippen LogP contribution in [-0.4, -0.2) is 35.3 Å². The smallest absolute Gasteiger partial charge is 0.275 e. The third-order valence-corrected chi connectivity index (χ3v) is 4.57. The molecule has 27 heavy (non-hydrogen) atoms. The number of amides is 1. The van der Waals surface area contributed by atoms with E-state index in [-0.39, 0.29) is 23.1 Å². The second-order valence-corrected chi connectivity index (χ2v) is 6.21. The Morgan fingerprint density at radius 2 is 2.00 bits per heavy atom. The van der Waals surface area contributed by atoms with Gasteiger partial charge in [0.1, 0.15) is 22.9 Å². The van der Waals surface area contributed by atoms with Crippen LogP contribution in [0.2, 0.25) is 5.02 Å². The van der Waals surface area contributed by atoms with Crippen molar-refractivity contribution >= 4 is 29.1 Å². The number of hydrogen-bond acceptors (Lipinski definition) is 5. The molecule has 0 unspecified atom stereocenters. The zero-order chi connectivity index (χ0) is 19.1. The highest BCUT2D eigenvalue weighted by molar-refractivity contribution is 6.34. The predicted molar refractivity (Wildman–Crippen MR) is 97.1 cm³/mol. The summed E-state index contributed by atoms with van der Waals surface area (Å²) in [5.41, 5.74) is 2.02. The van der Waals surface area contributed by atoms with Crippen LogP contribution >= 0.6 is 11.6 Å². The zero-order valence-corrected chi connectivity index (χ0v) is 15.1. The van der Waals surface area contributed by atoms with Gasteiger partial charge in [0.15, 0.2) is 5.82 Å². The fourth-order valence-electron chi connectivity index (χ4n) is 2.58. The molecule has 0 saturated carbocycles. The van der Waals surface area contributed by atoms with Crippen LogP contribution in [0.4, 0.5) is 10.2 Å². The Hall–Kier alpha value is -3.33. The van der Waals surface area contributed by atoms with Gasteiger partial charge in [-0.05, 0) is 37.3 Å². The van der Waals surface area contributed by atoms with Crippen molar-refractivity contribution in [3.63, 3.8) is 0 Å². The molecule has 3 aromatic heterocycles. The molecule has 1 N–H and O–H groups in total. The Balaban J connectivity index is 1.78. The van der Waals surface area contributed by atoms with E-state index in [0.29, 0.717) is 16.3 Å². The van der Waals surface area contributed by atoms with E-state index in [0.717, 1.165) is 5.69 Å². The fourth-order valence-corrected chi connectivity index (χ4v) is 2.78. The summed E-state index contributed by atoms with van der Waals surface area (Å²) in [5.74, 6) is -0.350. The van der Waals surface area contributed by atoms with Gasteiger partial charge in [-0.1, -0.05) is 11.6 Å². The molecule has 1 amide bonds. The highest BCUT2D eigenvalue weighted by atomic mass is 35.5. The molecule has 0 saturated heterocycles. The van der Waals surface area contributed by atoms with Crippen molar-refractivity contribution in [3.05, 3.63) is 58.9 Å². The lowest BCUT2D eigenvalue weighted by Gasteiger charge is -2.07. The van der Waals surface area contributed by atoms with E-state index in [1.54, 1.807) is 36.9 Å². The van der Waals surface area contributed by atoms with E-state index in [2.05, 4.69) is 25.5 Å². The topological polar surface area (TPSA) is 90.0 Å². The highest BCUT2D eigenvalue weighted by Gasteiger charge is 2.19. The molecule has 4 aromatic rings. The molecule has 0 atom stereocenters. The van der Waals surface area contributed by atoms with Crippen molar-refractivity contribution in [2.75, 3.05) is 5.32 Å². The number of benzene rings is 1. The van der Waals surface area contributed by atoms with Gasteiger partial charge in [-0.3, -0.25) is 9.48 Å². The number of carbonyl (C=O) groups excluding carboxylic acids is 1. The van der Waals surface area contributed by atoms with E-state index < -0.39 is 5.91 Å². The number of aromatic nitrogens is 6. The van der Waals surface area contributed by atoms with E-state index in [1.165, 1.54) is 23.0 Å². The average Bonchev–Trinajstić information content (AvgIpc) is 3.22. The SMILES string of the molecule is Cc1c(Cl)c(NC(=O)c2cc(-c3ccc(F)cc3)nc3ncnn23)nn1C. The Bertz CT molecular complexity index is 1170. The third-order valence-electron chi connectivity index (χ3n) is 4.12. The van der Waals surface area contributed by atoms with Crippen molar-refractivity contribution in [2.24, 2.45) is 7.05 Å². The van der Waals surface area contributed by atoms with Crippen molar-refractivity contribution in [1.82, 2.24) is 29.4 Å². The van der Waals surface area contributed by atoms with Crippen LogP contribution in [0.1, 0.15) is 16.2 Å². The van der Waals surface area contributed by atoms with Gasteiger partial charge >= 0.3 is 0 Å². The molecule has 10 heteroatoms. The van der Waals surface area contributed by atoms with Gasteiger partial charge in [0.25, 0.3) is 11.7 Å². The summed E-state index contributed by atoms with van der Waals surface area (Å²) in [5, 5.41) is 11.3. The molecule has 0 aliphatic heterocycles. The first kappa shape index (κ1) is 17.1. The number of carbonyl (C=O) groups is 1. The van der Waals surface area contributed by atoms with Crippen LogP contribution in [0.3, 0.4) is 0 Å². The molecule has 1 aromatic carbocycles. The second-order valence-electron chi connectivity index (χ2n) is 5.83. The Morgan fingerprint density at radius 1 is 1.26 bits per heavy atom. The molecule has 3 heterocycles. The molecule has 0 aliphatic carbocycles. The Labute approximate surface area is 157 Å². The number of halogens is 2.